The van der Waals surface area contributed by atoms with Gasteiger partial charge in [-0.15, -0.1) is 11.3 Å². The molecule has 102 valence electrons. The highest BCUT2D eigenvalue weighted by atomic mass is 32.1. The second-order valence-electron chi connectivity index (χ2n) is 5.95. The molecule has 2 aromatic rings. The standard InChI is InChI=1S/C16H22N2S/c1-12-14(19-11-18-12)10-17-15(16(2,3)4)13-8-6-5-7-9-13/h5-9,11,15,17H,10H2,1-4H3. The van der Waals surface area contributed by atoms with E-state index in [1.165, 1.54) is 10.4 Å². The van der Waals surface area contributed by atoms with E-state index in [1.54, 1.807) is 11.3 Å². The SMILES string of the molecule is Cc1ncsc1CNC(c1ccccc1)C(C)(C)C. The van der Waals surface area contributed by atoms with Gasteiger partial charge in [0, 0.05) is 17.5 Å². The van der Waals surface area contributed by atoms with Gasteiger partial charge in [-0.05, 0) is 17.9 Å². The normalized spacial score (nSPS) is 13.5. The molecule has 19 heavy (non-hydrogen) atoms. The van der Waals surface area contributed by atoms with Gasteiger partial charge in [-0.1, -0.05) is 51.1 Å². The molecule has 0 radical (unpaired) electrons. The minimum Gasteiger partial charge on any atom is -0.304 e. The first-order valence-corrected chi connectivity index (χ1v) is 7.54. The van der Waals surface area contributed by atoms with Crippen LogP contribution in [0.3, 0.4) is 0 Å². The van der Waals surface area contributed by atoms with Crippen molar-refractivity contribution in [3.63, 3.8) is 0 Å². The Morgan fingerprint density at radius 1 is 1.21 bits per heavy atom. The molecule has 1 atom stereocenters. The number of aromatic nitrogens is 1. The maximum Gasteiger partial charge on any atom is 0.0798 e. The van der Waals surface area contributed by atoms with Crippen molar-refractivity contribution in [2.24, 2.45) is 5.41 Å². The Morgan fingerprint density at radius 3 is 2.42 bits per heavy atom. The predicted molar refractivity (Wildman–Crippen MR) is 82.3 cm³/mol. The zero-order valence-corrected chi connectivity index (χ0v) is 12.9. The molecular formula is C16H22N2S. The largest absolute Gasteiger partial charge is 0.304 e. The van der Waals surface area contributed by atoms with Gasteiger partial charge < -0.3 is 5.32 Å². The second kappa shape index (κ2) is 5.85. The molecule has 0 saturated heterocycles. The van der Waals surface area contributed by atoms with Crippen LogP contribution in [0.5, 0.6) is 0 Å². The van der Waals surface area contributed by atoms with Crippen molar-refractivity contribution in [1.82, 2.24) is 10.3 Å². The van der Waals surface area contributed by atoms with Crippen LogP contribution >= 0.6 is 11.3 Å². The summed E-state index contributed by atoms with van der Waals surface area (Å²) in [7, 11) is 0. The number of hydrogen-bond donors (Lipinski definition) is 1. The lowest BCUT2D eigenvalue weighted by atomic mass is 9.82. The zero-order chi connectivity index (χ0) is 13.9. The van der Waals surface area contributed by atoms with Crippen molar-refractivity contribution in [3.8, 4) is 0 Å². The average molecular weight is 274 g/mol. The molecular weight excluding hydrogens is 252 g/mol. The van der Waals surface area contributed by atoms with Gasteiger partial charge in [0.05, 0.1) is 11.2 Å². The fraction of sp³-hybridized carbons (Fsp3) is 0.438. The van der Waals surface area contributed by atoms with Gasteiger partial charge in [-0.2, -0.15) is 0 Å². The van der Waals surface area contributed by atoms with Crippen LogP contribution in [0, 0.1) is 12.3 Å². The minimum atomic E-state index is 0.181. The summed E-state index contributed by atoms with van der Waals surface area (Å²) in [6.07, 6.45) is 0. The summed E-state index contributed by atoms with van der Waals surface area (Å²) in [5, 5.41) is 3.69. The Bertz CT molecular complexity index is 511. The second-order valence-corrected chi connectivity index (χ2v) is 6.89. The van der Waals surface area contributed by atoms with Crippen molar-refractivity contribution < 1.29 is 0 Å². The van der Waals surface area contributed by atoms with Crippen molar-refractivity contribution in [1.29, 1.82) is 0 Å². The first kappa shape index (κ1) is 14.2. The summed E-state index contributed by atoms with van der Waals surface area (Å²) in [6.45, 7) is 9.78. The van der Waals surface area contributed by atoms with E-state index in [9.17, 15) is 0 Å². The maximum atomic E-state index is 4.31. The number of thiazole rings is 1. The molecule has 0 aliphatic heterocycles. The summed E-state index contributed by atoms with van der Waals surface area (Å²) < 4.78 is 0. The molecule has 1 heterocycles. The Hall–Kier alpha value is -1.19. The molecule has 0 spiro atoms. The van der Waals surface area contributed by atoms with Gasteiger partial charge in [0.1, 0.15) is 0 Å². The average Bonchev–Trinajstić information content (AvgIpc) is 2.75. The van der Waals surface area contributed by atoms with Crippen LogP contribution in [0.25, 0.3) is 0 Å². The van der Waals surface area contributed by atoms with E-state index in [4.69, 9.17) is 0 Å². The molecule has 1 N–H and O–H groups in total. The number of hydrogen-bond acceptors (Lipinski definition) is 3. The van der Waals surface area contributed by atoms with Crippen molar-refractivity contribution in [3.05, 3.63) is 52.0 Å². The molecule has 3 heteroatoms. The van der Waals surface area contributed by atoms with Crippen LogP contribution in [0.2, 0.25) is 0 Å². The van der Waals surface area contributed by atoms with E-state index in [-0.39, 0.29) is 5.41 Å². The van der Waals surface area contributed by atoms with E-state index in [2.05, 4.69) is 68.3 Å². The van der Waals surface area contributed by atoms with Crippen molar-refractivity contribution >= 4 is 11.3 Å². The van der Waals surface area contributed by atoms with Gasteiger partial charge in [0.25, 0.3) is 0 Å². The van der Waals surface area contributed by atoms with E-state index in [1.807, 2.05) is 5.51 Å². The fourth-order valence-electron chi connectivity index (χ4n) is 2.26. The zero-order valence-electron chi connectivity index (χ0n) is 12.1. The van der Waals surface area contributed by atoms with Crippen LogP contribution in [-0.4, -0.2) is 4.98 Å². The highest BCUT2D eigenvalue weighted by Crippen LogP contribution is 2.33. The number of benzene rings is 1. The van der Waals surface area contributed by atoms with Crippen molar-refractivity contribution in [2.45, 2.75) is 40.3 Å². The van der Waals surface area contributed by atoms with Crippen LogP contribution in [0.15, 0.2) is 35.8 Å². The van der Waals surface area contributed by atoms with Gasteiger partial charge in [0.2, 0.25) is 0 Å². The third-order valence-corrected chi connectivity index (χ3v) is 4.25. The number of rotatable bonds is 4. The molecule has 0 aliphatic rings. The Morgan fingerprint density at radius 2 is 1.89 bits per heavy atom. The number of aryl methyl sites for hydroxylation is 1. The molecule has 2 nitrogen and oxygen atoms in total. The molecule has 1 aromatic heterocycles. The lowest BCUT2D eigenvalue weighted by Crippen LogP contribution is -2.31. The van der Waals surface area contributed by atoms with Gasteiger partial charge in [-0.25, -0.2) is 4.98 Å². The lowest BCUT2D eigenvalue weighted by Gasteiger charge is -2.32. The smallest absolute Gasteiger partial charge is 0.0798 e. The first-order valence-electron chi connectivity index (χ1n) is 6.66. The van der Waals surface area contributed by atoms with E-state index < -0.39 is 0 Å². The summed E-state index contributed by atoms with van der Waals surface area (Å²) in [5.74, 6) is 0. The molecule has 0 saturated carbocycles. The minimum absolute atomic E-state index is 0.181. The fourth-order valence-corrected chi connectivity index (χ4v) is 2.99. The number of nitrogens with one attached hydrogen (secondary N) is 1. The maximum absolute atomic E-state index is 4.31. The Labute approximate surface area is 119 Å². The van der Waals surface area contributed by atoms with Crippen LogP contribution in [0.1, 0.15) is 42.9 Å². The third kappa shape index (κ3) is 3.64. The Balaban J connectivity index is 2.14. The van der Waals surface area contributed by atoms with Gasteiger partial charge >= 0.3 is 0 Å². The molecule has 0 amide bonds. The highest BCUT2D eigenvalue weighted by Gasteiger charge is 2.25. The Kier molecular flexibility index (Phi) is 4.38. The topological polar surface area (TPSA) is 24.9 Å². The third-order valence-electron chi connectivity index (χ3n) is 3.31. The predicted octanol–water partition coefficient (Wildman–Crippen LogP) is 4.33. The summed E-state index contributed by atoms with van der Waals surface area (Å²) in [4.78, 5) is 5.63. The number of nitrogens with zero attached hydrogens (tertiary/aromatic N) is 1. The summed E-state index contributed by atoms with van der Waals surface area (Å²) >= 11 is 1.72. The van der Waals surface area contributed by atoms with E-state index >= 15 is 0 Å². The molecule has 1 aromatic carbocycles. The first-order chi connectivity index (χ1) is 8.98. The molecule has 2 rings (SSSR count). The van der Waals surface area contributed by atoms with Crippen molar-refractivity contribution in [2.75, 3.05) is 0 Å². The summed E-state index contributed by atoms with van der Waals surface area (Å²) in [5.41, 5.74) is 4.58. The summed E-state index contributed by atoms with van der Waals surface area (Å²) in [6, 6.07) is 11.0. The van der Waals surface area contributed by atoms with Crippen LogP contribution < -0.4 is 5.32 Å². The molecule has 1 unspecified atom stereocenters. The molecule has 0 fully saturated rings. The molecule has 0 aliphatic carbocycles. The van der Waals surface area contributed by atoms with E-state index in [0.29, 0.717) is 6.04 Å². The molecule has 0 bridgehead atoms. The van der Waals surface area contributed by atoms with E-state index in [0.717, 1.165) is 12.2 Å². The van der Waals surface area contributed by atoms with Gasteiger partial charge in [-0.3, -0.25) is 0 Å². The monoisotopic (exact) mass is 274 g/mol. The van der Waals surface area contributed by atoms with Gasteiger partial charge in [0.15, 0.2) is 0 Å². The highest BCUT2D eigenvalue weighted by molar-refractivity contribution is 7.09. The lowest BCUT2D eigenvalue weighted by molar-refractivity contribution is 0.271. The van der Waals surface area contributed by atoms with Crippen LogP contribution in [0.4, 0.5) is 0 Å². The van der Waals surface area contributed by atoms with Crippen LogP contribution in [-0.2, 0) is 6.54 Å². The quantitative estimate of drug-likeness (QED) is 0.897.